The van der Waals surface area contributed by atoms with E-state index in [4.69, 9.17) is 4.74 Å². The fourth-order valence-corrected chi connectivity index (χ4v) is 1.86. The molecule has 0 aliphatic rings. The van der Waals surface area contributed by atoms with E-state index in [0.717, 1.165) is 25.7 Å². The summed E-state index contributed by atoms with van der Waals surface area (Å²) in [5, 5.41) is 0. The normalized spacial score (nSPS) is 10.2. The molecule has 17 heavy (non-hydrogen) atoms. The van der Waals surface area contributed by atoms with E-state index in [2.05, 4.69) is 31.2 Å². The van der Waals surface area contributed by atoms with Crippen LogP contribution in [0.3, 0.4) is 0 Å². The van der Waals surface area contributed by atoms with Crippen LogP contribution in [0.15, 0.2) is 24.3 Å². The predicted octanol–water partition coefficient (Wildman–Crippen LogP) is 3.52. The Morgan fingerprint density at radius 2 is 1.88 bits per heavy atom. The second kappa shape index (κ2) is 7.88. The van der Waals surface area contributed by atoms with Crippen molar-refractivity contribution in [2.24, 2.45) is 0 Å². The number of carbonyl (C=O) groups excluding carboxylic acids is 1. The first-order chi connectivity index (χ1) is 8.27. The van der Waals surface area contributed by atoms with E-state index in [-0.39, 0.29) is 5.97 Å². The summed E-state index contributed by atoms with van der Waals surface area (Å²) in [6, 6.07) is 8.43. The molecule has 2 heteroatoms. The molecule has 0 unspecified atom stereocenters. The summed E-state index contributed by atoms with van der Waals surface area (Å²) in [5.41, 5.74) is 2.74. The van der Waals surface area contributed by atoms with Crippen molar-refractivity contribution in [1.29, 1.82) is 0 Å². The molecule has 0 fully saturated rings. The van der Waals surface area contributed by atoms with Gasteiger partial charge in [0.25, 0.3) is 0 Å². The molecule has 0 saturated carbocycles. The van der Waals surface area contributed by atoms with Crippen LogP contribution >= 0.6 is 0 Å². The first kappa shape index (κ1) is 13.8. The van der Waals surface area contributed by atoms with Crippen LogP contribution in [0, 0.1) is 0 Å². The van der Waals surface area contributed by atoms with Crippen LogP contribution in [0.5, 0.6) is 0 Å². The molecule has 94 valence electrons. The maximum atomic E-state index is 11.3. The molecule has 0 bridgehead atoms. The first-order valence-electron chi connectivity index (χ1n) is 6.50. The average Bonchev–Trinajstić information content (AvgIpc) is 2.37. The van der Waals surface area contributed by atoms with Crippen LogP contribution in [0.2, 0.25) is 0 Å². The van der Waals surface area contributed by atoms with Gasteiger partial charge in [-0.1, -0.05) is 38.1 Å². The van der Waals surface area contributed by atoms with Gasteiger partial charge in [-0.05, 0) is 36.8 Å². The number of hydrogen-bond donors (Lipinski definition) is 0. The number of hydrogen-bond acceptors (Lipinski definition) is 2. The topological polar surface area (TPSA) is 26.3 Å². The lowest BCUT2D eigenvalue weighted by Crippen LogP contribution is -2.05. The van der Waals surface area contributed by atoms with E-state index in [1.807, 2.05) is 6.92 Å². The Morgan fingerprint density at radius 1 is 1.18 bits per heavy atom. The van der Waals surface area contributed by atoms with Crippen molar-refractivity contribution >= 4 is 5.97 Å². The lowest BCUT2D eigenvalue weighted by Gasteiger charge is -2.07. The molecule has 1 aromatic carbocycles. The zero-order valence-corrected chi connectivity index (χ0v) is 10.9. The molecule has 0 N–H and O–H groups in total. The van der Waals surface area contributed by atoms with E-state index < -0.39 is 0 Å². The van der Waals surface area contributed by atoms with Gasteiger partial charge in [0.2, 0.25) is 0 Å². The third-order valence-electron chi connectivity index (χ3n) is 2.79. The Balaban J connectivity index is 2.33. The van der Waals surface area contributed by atoms with Crippen LogP contribution in [-0.2, 0) is 22.4 Å². The van der Waals surface area contributed by atoms with Crippen molar-refractivity contribution in [3.63, 3.8) is 0 Å². The van der Waals surface area contributed by atoms with Crippen LogP contribution in [-0.4, -0.2) is 12.6 Å². The third-order valence-corrected chi connectivity index (χ3v) is 2.79. The molecule has 0 aromatic heterocycles. The molecule has 0 radical (unpaired) electrons. The van der Waals surface area contributed by atoms with Crippen molar-refractivity contribution in [2.45, 2.75) is 46.0 Å². The highest BCUT2D eigenvalue weighted by Gasteiger charge is 2.04. The molecular weight excluding hydrogens is 212 g/mol. The van der Waals surface area contributed by atoms with Crippen molar-refractivity contribution in [2.75, 3.05) is 6.61 Å². The smallest absolute Gasteiger partial charge is 0.305 e. The monoisotopic (exact) mass is 234 g/mol. The maximum Gasteiger partial charge on any atom is 0.305 e. The zero-order valence-electron chi connectivity index (χ0n) is 10.9. The van der Waals surface area contributed by atoms with E-state index in [1.165, 1.54) is 11.1 Å². The van der Waals surface area contributed by atoms with Gasteiger partial charge in [0, 0.05) is 6.42 Å². The molecule has 0 saturated heterocycles. The second-order valence-electron chi connectivity index (χ2n) is 4.20. The maximum absolute atomic E-state index is 11.3. The van der Waals surface area contributed by atoms with Crippen molar-refractivity contribution in [3.05, 3.63) is 35.4 Å². The van der Waals surface area contributed by atoms with Crippen molar-refractivity contribution in [3.8, 4) is 0 Å². The number of aryl methyl sites for hydroxylation is 2. The highest BCUT2D eigenvalue weighted by atomic mass is 16.5. The summed E-state index contributed by atoms with van der Waals surface area (Å²) in [5.74, 6) is -0.0687. The van der Waals surface area contributed by atoms with E-state index >= 15 is 0 Å². The Morgan fingerprint density at radius 3 is 2.53 bits per heavy atom. The molecule has 0 amide bonds. The quantitative estimate of drug-likeness (QED) is 0.675. The van der Waals surface area contributed by atoms with Gasteiger partial charge in [0.15, 0.2) is 0 Å². The fraction of sp³-hybridized carbons (Fsp3) is 0.533. The van der Waals surface area contributed by atoms with Gasteiger partial charge in [0.1, 0.15) is 0 Å². The third kappa shape index (κ3) is 5.03. The summed E-state index contributed by atoms with van der Waals surface area (Å²) in [4.78, 5) is 11.3. The SMILES string of the molecule is CCCOC(=O)CCCc1ccccc1CC. The van der Waals surface area contributed by atoms with Gasteiger partial charge in [-0.3, -0.25) is 4.79 Å². The minimum absolute atomic E-state index is 0.0687. The molecule has 2 nitrogen and oxygen atoms in total. The number of benzene rings is 1. The number of ether oxygens (including phenoxy) is 1. The molecule has 0 atom stereocenters. The average molecular weight is 234 g/mol. The van der Waals surface area contributed by atoms with Crippen molar-refractivity contribution < 1.29 is 9.53 Å². The van der Waals surface area contributed by atoms with Crippen LogP contribution in [0.1, 0.15) is 44.2 Å². The number of carbonyl (C=O) groups is 1. The van der Waals surface area contributed by atoms with Crippen LogP contribution in [0.4, 0.5) is 0 Å². The molecule has 1 aromatic rings. The number of rotatable bonds is 7. The lowest BCUT2D eigenvalue weighted by molar-refractivity contribution is -0.143. The van der Waals surface area contributed by atoms with Gasteiger partial charge >= 0.3 is 5.97 Å². The Hall–Kier alpha value is -1.31. The molecule has 1 rings (SSSR count). The highest BCUT2D eigenvalue weighted by molar-refractivity contribution is 5.69. The van der Waals surface area contributed by atoms with Gasteiger partial charge in [-0.25, -0.2) is 0 Å². The first-order valence-corrected chi connectivity index (χ1v) is 6.50. The van der Waals surface area contributed by atoms with Gasteiger partial charge in [0.05, 0.1) is 6.61 Å². The molecule has 0 heterocycles. The highest BCUT2D eigenvalue weighted by Crippen LogP contribution is 2.12. The van der Waals surface area contributed by atoms with Gasteiger partial charge in [-0.15, -0.1) is 0 Å². The van der Waals surface area contributed by atoms with E-state index in [9.17, 15) is 4.79 Å². The summed E-state index contributed by atoms with van der Waals surface area (Å²) >= 11 is 0. The predicted molar refractivity (Wildman–Crippen MR) is 70.0 cm³/mol. The van der Waals surface area contributed by atoms with E-state index in [0.29, 0.717) is 13.0 Å². The molecule has 0 spiro atoms. The van der Waals surface area contributed by atoms with Crippen LogP contribution in [0.25, 0.3) is 0 Å². The molecular formula is C15H22O2. The molecule has 0 aliphatic carbocycles. The Kier molecular flexibility index (Phi) is 6.38. The summed E-state index contributed by atoms with van der Waals surface area (Å²) in [6.45, 7) is 4.71. The van der Waals surface area contributed by atoms with Crippen molar-refractivity contribution in [1.82, 2.24) is 0 Å². The zero-order chi connectivity index (χ0) is 12.5. The summed E-state index contributed by atoms with van der Waals surface area (Å²) < 4.78 is 5.05. The van der Waals surface area contributed by atoms with E-state index in [1.54, 1.807) is 0 Å². The Bertz CT molecular complexity index is 345. The lowest BCUT2D eigenvalue weighted by atomic mass is 10.0. The Labute approximate surface area is 104 Å². The summed E-state index contributed by atoms with van der Waals surface area (Å²) in [6.07, 6.45) is 4.31. The van der Waals surface area contributed by atoms with Crippen LogP contribution < -0.4 is 0 Å². The number of esters is 1. The minimum atomic E-state index is -0.0687. The minimum Gasteiger partial charge on any atom is -0.466 e. The summed E-state index contributed by atoms with van der Waals surface area (Å²) in [7, 11) is 0. The molecule has 0 aliphatic heterocycles. The second-order valence-corrected chi connectivity index (χ2v) is 4.20. The largest absolute Gasteiger partial charge is 0.466 e. The van der Waals surface area contributed by atoms with Gasteiger partial charge < -0.3 is 4.74 Å². The standard InChI is InChI=1S/C15H22O2/c1-3-12-17-15(16)11-7-10-14-9-6-5-8-13(14)4-2/h5-6,8-9H,3-4,7,10-12H2,1-2H3. The fourth-order valence-electron chi connectivity index (χ4n) is 1.86. The van der Waals surface area contributed by atoms with Gasteiger partial charge in [-0.2, -0.15) is 0 Å².